The maximum atomic E-state index is 11.4. The van der Waals surface area contributed by atoms with E-state index in [-0.39, 0.29) is 24.5 Å². The molecule has 30 heavy (non-hydrogen) atoms. The molecule has 1 rings (SSSR count). The Hall–Kier alpha value is -0.320. The Bertz CT molecular complexity index is 405. The van der Waals surface area contributed by atoms with E-state index in [2.05, 4.69) is 6.92 Å². The van der Waals surface area contributed by atoms with Crippen LogP contribution in [-0.4, -0.2) is 37.0 Å². The highest BCUT2D eigenvalue weighted by Crippen LogP contribution is 2.30. The second-order valence-electron chi connectivity index (χ2n) is 8.63. The molecule has 3 atom stereocenters. The van der Waals surface area contributed by atoms with Gasteiger partial charge < -0.3 is 14.2 Å². The topological polar surface area (TPSA) is 44.8 Å². The monoisotopic (exact) mass is 446 g/mol. The molecule has 4 nitrogen and oxygen atoms in total. The van der Waals surface area contributed by atoms with Gasteiger partial charge in [-0.15, -0.1) is 11.6 Å². The quantitative estimate of drug-likeness (QED) is 0.110. The number of esters is 1. The van der Waals surface area contributed by atoms with Gasteiger partial charge in [-0.05, 0) is 45.4 Å². The third-order valence-corrected chi connectivity index (χ3v) is 6.18. The summed E-state index contributed by atoms with van der Waals surface area (Å²) in [5.74, 6) is 0.653. The number of ether oxygens (including phenoxy) is 3. The average Bonchev–Trinajstić information content (AvgIpc) is 3.12. The van der Waals surface area contributed by atoms with Crippen LogP contribution < -0.4 is 0 Å². The van der Waals surface area contributed by atoms with Gasteiger partial charge in [0.05, 0.1) is 18.8 Å². The van der Waals surface area contributed by atoms with Crippen LogP contribution >= 0.6 is 11.6 Å². The standard InChI is InChI=1S/C25H47ClO4/c1-3-5-6-7-9-12-17-22-23(30-25(29-22)20-15-16-21-26)18-13-10-8-11-14-19-24(27)28-4-2/h22-23,25H,3-21H2,1-2H3. The summed E-state index contributed by atoms with van der Waals surface area (Å²) in [6.07, 6.45) is 19.8. The van der Waals surface area contributed by atoms with Crippen LogP contribution in [0.25, 0.3) is 0 Å². The van der Waals surface area contributed by atoms with Crippen LogP contribution in [0.4, 0.5) is 0 Å². The maximum Gasteiger partial charge on any atom is 0.305 e. The molecule has 1 fully saturated rings. The number of hydrogen-bond acceptors (Lipinski definition) is 4. The first-order valence-corrected chi connectivity index (χ1v) is 13.3. The minimum atomic E-state index is -0.0632. The van der Waals surface area contributed by atoms with Crippen molar-refractivity contribution in [2.75, 3.05) is 12.5 Å². The summed E-state index contributed by atoms with van der Waals surface area (Å²) in [6.45, 7) is 4.60. The molecule has 1 aliphatic rings. The van der Waals surface area contributed by atoms with E-state index in [4.69, 9.17) is 25.8 Å². The Morgan fingerprint density at radius 3 is 1.83 bits per heavy atom. The molecule has 0 amide bonds. The van der Waals surface area contributed by atoms with Crippen LogP contribution in [0.5, 0.6) is 0 Å². The Labute approximate surface area is 190 Å². The molecular formula is C25H47ClO4. The van der Waals surface area contributed by atoms with Crippen molar-refractivity contribution < 1.29 is 19.0 Å². The molecule has 0 aromatic heterocycles. The fourth-order valence-electron chi connectivity index (χ4n) is 4.15. The molecule has 0 aliphatic carbocycles. The van der Waals surface area contributed by atoms with Gasteiger partial charge in [0.25, 0.3) is 0 Å². The zero-order chi connectivity index (χ0) is 21.9. The second kappa shape index (κ2) is 19.4. The van der Waals surface area contributed by atoms with Crippen LogP contribution in [-0.2, 0) is 19.0 Å². The second-order valence-corrected chi connectivity index (χ2v) is 9.01. The Morgan fingerprint density at radius 1 is 0.733 bits per heavy atom. The largest absolute Gasteiger partial charge is 0.466 e. The average molecular weight is 447 g/mol. The Morgan fingerprint density at radius 2 is 1.27 bits per heavy atom. The summed E-state index contributed by atoms with van der Waals surface area (Å²) >= 11 is 5.81. The van der Waals surface area contributed by atoms with Crippen molar-refractivity contribution in [2.45, 2.75) is 141 Å². The van der Waals surface area contributed by atoms with Crippen LogP contribution in [0.3, 0.4) is 0 Å². The molecular weight excluding hydrogens is 400 g/mol. The number of carbonyl (C=O) groups excluding carboxylic acids is 1. The van der Waals surface area contributed by atoms with Gasteiger partial charge in [0.1, 0.15) is 0 Å². The Kier molecular flexibility index (Phi) is 17.9. The summed E-state index contributed by atoms with van der Waals surface area (Å²) in [5.41, 5.74) is 0. The maximum absolute atomic E-state index is 11.4. The normalized spacial score (nSPS) is 21.2. The molecule has 0 bridgehead atoms. The van der Waals surface area contributed by atoms with Crippen molar-refractivity contribution in [3.05, 3.63) is 0 Å². The van der Waals surface area contributed by atoms with Gasteiger partial charge in [0, 0.05) is 12.3 Å². The van der Waals surface area contributed by atoms with Crippen LogP contribution in [0, 0.1) is 0 Å². The number of carbonyl (C=O) groups is 1. The highest BCUT2D eigenvalue weighted by Gasteiger charge is 2.34. The zero-order valence-corrected chi connectivity index (χ0v) is 20.4. The minimum Gasteiger partial charge on any atom is -0.466 e. The van der Waals surface area contributed by atoms with Gasteiger partial charge in [-0.25, -0.2) is 0 Å². The Balaban J connectivity index is 2.21. The first-order chi connectivity index (χ1) is 14.7. The van der Waals surface area contributed by atoms with Crippen molar-refractivity contribution in [1.82, 2.24) is 0 Å². The highest BCUT2D eigenvalue weighted by molar-refractivity contribution is 6.17. The lowest BCUT2D eigenvalue weighted by Crippen LogP contribution is -2.22. The molecule has 0 aromatic carbocycles. The molecule has 0 aromatic rings. The summed E-state index contributed by atoms with van der Waals surface area (Å²) in [4.78, 5) is 11.4. The predicted octanol–water partition coefficient (Wildman–Crippen LogP) is 7.55. The molecule has 0 saturated carbocycles. The molecule has 1 saturated heterocycles. The smallest absolute Gasteiger partial charge is 0.305 e. The number of halogens is 1. The summed E-state index contributed by atoms with van der Waals surface area (Å²) < 4.78 is 17.5. The summed E-state index contributed by atoms with van der Waals surface area (Å²) in [6, 6.07) is 0. The predicted molar refractivity (Wildman–Crippen MR) is 125 cm³/mol. The van der Waals surface area contributed by atoms with E-state index in [9.17, 15) is 4.79 Å². The van der Waals surface area contributed by atoms with Gasteiger partial charge in [-0.3, -0.25) is 4.79 Å². The number of alkyl halides is 1. The molecule has 3 unspecified atom stereocenters. The molecule has 0 N–H and O–H groups in total. The molecule has 0 spiro atoms. The van der Waals surface area contributed by atoms with Gasteiger partial charge in [-0.2, -0.15) is 0 Å². The lowest BCUT2D eigenvalue weighted by Gasteiger charge is -2.16. The number of rotatable bonds is 20. The number of unbranched alkanes of at least 4 members (excludes halogenated alkanes) is 10. The van der Waals surface area contributed by atoms with Crippen molar-refractivity contribution in [1.29, 1.82) is 0 Å². The third-order valence-electron chi connectivity index (χ3n) is 5.91. The first kappa shape index (κ1) is 27.7. The van der Waals surface area contributed by atoms with E-state index in [1.165, 1.54) is 57.8 Å². The fourth-order valence-corrected chi connectivity index (χ4v) is 4.34. The van der Waals surface area contributed by atoms with Gasteiger partial charge in [0.15, 0.2) is 6.29 Å². The van der Waals surface area contributed by atoms with E-state index in [1.807, 2.05) is 6.92 Å². The van der Waals surface area contributed by atoms with E-state index < -0.39 is 0 Å². The minimum absolute atomic E-state index is 0.0344. The third kappa shape index (κ3) is 13.9. The summed E-state index contributed by atoms with van der Waals surface area (Å²) in [7, 11) is 0. The molecule has 5 heteroatoms. The van der Waals surface area contributed by atoms with E-state index >= 15 is 0 Å². The van der Waals surface area contributed by atoms with Gasteiger partial charge in [-0.1, -0.05) is 71.1 Å². The molecule has 0 radical (unpaired) electrons. The van der Waals surface area contributed by atoms with E-state index in [0.29, 0.717) is 18.9 Å². The van der Waals surface area contributed by atoms with Crippen LogP contribution in [0.2, 0.25) is 0 Å². The zero-order valence-electron chi connectivity index (χ0n) is 19.7. The van der Waals surface area contributed by atoms with Crippen molar-refractivity contribution >= 4 is 17.6 Å². The van der Waals surface area contributed by atoms with E-state index in [0.717, 1.165) is 44.9 Å². The van der Waals surface area contributed by atoms with E-state index in [1.54, 1.807) is 0 Å². The first-order valence-electron chi connectivity index (χ1n) is 12.7. The SMILES string of the molecule is CCCCCCCCC1OC(CCCCCl)OC1CCCCCCCC(=O)OCC. The molecule has 1 heterocycles. The van der Waals surface area contributed by atoms with Crippen molar-refractivity contribution in [2.24, 2.45) is 0 Å². The molecule has 178 valence electrons. The lowest BCUT2D eigenvalue weighted by molar-refractivity contribution is -0.143. The molecule has 1 aliphatic heterocycles. The van der Waals surface area contributed by atoms with Gasteiger partial charge in [0.2, 0.25) is 0 Å². The lowest BCUT2D eigenvalue weighted by atomic mass is 9.99. The van der Waals surface area contributed by atoms with Crippen LogP contribution in [0.1, 0.15) is 123 Å². The van der Waals surface area contributed by atoms with Crippen molar-refractivity contribution in [3.8, 4) is 0 Å². The van der Waals surface area contributed by atoms with Crippen molar-refractivity contribution in [3.63, 3.8) is 0 Å². The van der Waals surface area contributed by atoms with Crippen LogP contribution in [0.15, 0.2) is 0 Å². The van der Waals surface area contributed by atoms with Gasteiger partial charge >= 0.3 is 5.97 Å². The number of hydrogen-bond donors (Lipinski definition) is 0. The fraction of sp³-hybridized carbons (Fsp3) is 0.960. The summed E-state index contributed by atoms with van der Waals surface area (Å²) in [5, 5.41) is 0. The highest BCUT2D eigenvalue weighted by atomic mass is 35.5.